The van der Waals surface area contributed by atoms with Crippen LogP contribution in [0.5, 0.6) is 0 Å². The van der Waals surface area contributed by atoms with Crippen molar-refractivity contribution in [1.29, 1.82) is 0 Å². The summed E-state index contributed by atoms with van der Waals surface area (Å²) in [5, 5.41) is 9.44. The van der Waals surface area contributed by atoms with Crippen LogP contribution < -0.4 is 0 Å². The normalized spacial score (nSPS) is 39.2. The van der Waals surface area contributed by atoms with Gasteiger partial charge in [-0.05, 0) is 18.8 Å². The van der Waals surface area contributed by atoms with Crippen molar-refractivity contribution in [2.75, 3.05) is 13.1 Å². The fourth-order valence-electron chi connectivity index (χ4n) is 5.10. The number of ether oxygens (including phenoxy) is 1. The molecule has 1 amide bonds. The molecular weight excluding hydrogens is 294 g/mol. The van der Waals surface area contributed by atoms with Gasteiger partial charge in [-0.2, -0.15) is 0 Å². The van der Waals surface area contributed by atoms with Crippen molar-refractivity contribution in [1.82, 2.24) is 4.90 Å². The van der Waals surface area contributed by atoms with Crippen LogP contribution in [0.25, 0.3) is 0 Å². The number of carbonyl (C=O) groups excluding carboxylic acids is 1. The molecule has 3 fully saturated rings. The number of carboxylic acids is 1. The van der Waals surface area contributed by atoms with Crippen molar-refractivity contribution in [2.45, 2.75) is 56.7 Å². The molecule has 1 N–H and O–H groups in total. The highest BCUT2D eigenvalue weighted by Crippen LogP contribution is 2.51. The maximum absolute atomic E-state index is 12.7. The summed E-state index contributed by atoms with van der Waals surface area (Å²) in [5.74, 6) is -1.35. The highest BCUT2D eigenvalue weighted by molar-refractivity contribution is 5.90. The van der Waals surface area contributed by atoms with Gasteiger partial charge in [-0.15, -0.1) is 0 Å². The molecular formula is C18H25NO4. The molecule has 4 aliphatic rings. The highest BCUT2D eigenvalue weighted by atomic mass is 16.5. The van der Waals surface area contributed by atoms with Crippen LogP contribution in [0.3, 0.4) is 0 Å². The van der Waals surface area contributed by atoms with Crippen LogP contribution in [0, 0.1) is 17.8 Å². The maximum Gasteiger partial charge on any atom is 0.310 e. The smallest absolute Gasteiger partial charge is 0.310 e. The van der Waals surface area contributed by atoms with Crippen LogP contribution in [-0.2, 0) is 14.3 Å². The van der Waals surface area contributed by atoms with Crippen molar-refractivity contribution in [3.63, 3.8) is 0 Å². The molecule has 1 spiro atoms. The van der Waals surface area contributed by atoms with Crippen molar-refractivity contribution in [3.8, 4) is 0 Å². The Hall–Kier alpha value is -1.36. The zero-order chi connectivity index (χ0) is 16.0. The Kier molecular flexibility index (Phi) is 3.71. The second kappa shape index (κ2) is 5.62. The topological polar surface area (TPSA) is 66.8 Å². The summed E-state index contributed by atoms with van der Waals surface area (Å²) in [6, 6.07) is 0. The van der Waals surface area contributed by atoms with Gasteiger partial charge >= 0.3 is 5.97 Å². The van der Waals surface area contributed by atoms with Crippen LogP contribution in [0.1, 0.15) is 44.9 Å². The summed E-state index contributed by atoms with van der Waals surface area (Å²) >= 11 is 0. The standard InChI is InChI=1S/C18H25NO4/c20-16-15-14(17(21)22)13-8-9-18(15,23-13)11-19(16)10-4-7-12-5-2-1-3-6-12/h8-9,12-15H,1-7,10-11H2,(H,21,22). The van der Waals surface area contributed by atoms with Gasteiger partial charge in [-0.1, -0.05) is 44.3 Å². The van der Waals surface area contributed by atoms with Gasteiger partial charge < -0.3 is 14.7 Å². The van der Waals surface area contributed by atoms with Crippen LogP contribution in [-0.4, -0.2) is 46.7 Å². The van der Waals surface area contributed by atoms with Gasteiger partial charge in [-0.25, -0.2) is 0 Å². The van der Waals surface area contributed by atoms with Crippen molar-refractivity contribution >= 4 is 11.9 Å². The Labute approximate surface area is 136 Å². The largest absolute Gasteiger partial charge is 0.481 e. The fourth-order valence-corrected chi connectivity index (χ4v) is 5.10. The summed E-state index contributed by atoms with van der Waals surface area (Å²) in [4.78, 5) is 26.1. The Bertz CT molecular complexity index is 539. The van der Waals surface area contributed by atoms with E-state index in [-0.39, 0.29) is 5.91 Å². The molecule has 3 aliphatic heterocycles. The molecule has 23 heavy (non-hydrogen) atoms. The van der Waals surface area contributed by atoms with Crippen molar-refractivity contribution in [3.05, 3.63) is 12.2 Å². The van der Waals surface area contributed by atoms with Gasteiger partial charge in [0.15, 0.2) is 0 Å². The van der Waals surface area contributed by atoms with E-state index in [1.807, 2.05) is 17.1 Å². The Balaban J connectivity index is 1.38. The second-order valence-electron chi connectivity index (χ2n) is 7.64. The fraction of sp³-hybridized carbons (Fsp3) is 0.778. The molecule has 5 heteroatoms. The summed E-state index contributed by atoms with van der Waals surface area (Å²) in [6.07, 6.45) is 12.3. The molecule has 2 bridgehead atoms. The van der Waals surface area contributed by atoms with E-state index in [0.717, 1.165) is 18.9 Å². The van der Waals surface area contributed by atoms with Gasteiger partial charge in [0, 0.05) is 6.54 Å². The summed E-state index contributed by atoms with van der Waals surface area (Å²) in [7, 11) is 0. The second-order valence-corrected chi connectivity index (χ2v) is 7.64. The zero-order valence-electron chi connectivity index (χ0n) is 13.4. The Morgan fingerprint density at radius 3 is 2.87 bits per heavy atom. The SMILES string of the molecule is O=C(O)C1C2C=CC3(CN(CCCC4CCCCC4)C(=O)C13)O2. The van der Waals surface area contributed by atoms with Gasteiger partial charge in [0.05, 0.1) is 18.6 Å². The Morgan fingerprint density at radius 1 is 1.35 bits per heavy atom. The van der Waals surface area contributed by atoms with E-state index in [0.29, 0.717) is 6.54 Å². The van der Waals surface area contributed by atoms with E-state index in [9.17, 15) is 14.7 Å². The number of fused-ring (bicyclic) bond motifs is 1. The molecule has 5 nitrogen and oxygen atoms in total. The third-order valence-corrected chi connectivity index (χ3v) is 6.23. The van der Waals surface area contributed by atoms with E-state index >= 15 is 0 Å². The van der Waals surface area contributed by atoms with Gasteiger partial charge in [0.2, 0.25) is 5.91 Å². The van der Waals surface area contributed by atoms with Crippen LogP contribution in [0.2, 0.25) is 0 Å². The number of hydrogen-bond donors (Lipinski definition) is 1. The minimum Gasteiger partial charge on any atom is -0.481 e. The molecule has 1 aliphatic carbocycles. The monoisotopic (exact) mass is 319 g/mol. The van der Waals surface area contributed by atoms with Gasteiger partial charge in [0.1, 0.15) is 11.5 Å². The zero-order valence-corrected chi connectivity index (χ0v) is 13.4. The number of nitrogens with zero attached hydrogens (tertiary/aromatic N) is 1. The maximum atomic E-state index is 12.7. The third kappa shape index (κ3) is 2.40. The molecule has 0 aromatic carbocycles. The predicted molar refractivity (Wildman–Crippen MR) is 83.7 cm³/mol. The first-order valence-corrected chi connectivity index (χ1v) is 8.99. The summed E-state index contributed by atoms with van der Waals surface area (Å²) in [6.45, 7) is 1.26. The molecule has 0 aromatic rings. The van der Waals surface area contributed by atoms with E-state index in [2.05, 4.69) is 0 Å². The average Bonchev–Trinajstić information content (AvgIpc) is 3.17. The molecule has 126 valence electrons. The highest BCUT2D eigenvalue weighted by Gasteiger charge is 2.66. The average molecular weight is 319 g/mol. The number of carboxylic acid groups (broad SMARTS) is 1. The van der Waals surface area contributed by atoms with E-state index in [1.165, 1.54) is 38.5 Å². The number of hydrogen-bond acceptors (Lipinski definition) is 3. The summed E-state index contributed by atoms with van der Waals surface area (Å²) < 4.78 is 5.90. The number of likely N-dealkylation sites (tertiary alicyclic amines) is 1. The summed E-state index contributed by atoms with van der Waals surface area (Å²) in [5.41, 5.74) is -0.671. The lowest BCUT2D eigenvalue weighted by atomic mass is 9.77. The van der Waals surface area contributed by atoms with E-state index in [1.54, 1.807) is 0 Å². The van der Waals surface area contributed by atoms with E-state index in [4.69, 9.17) is 4.74 Å². The third-order valence-electron chi connectivity index (χ3n) is 6.23. The van der Waals surface area contributed by atoms with Crippen molar-refractivity contribution < 1.29 is 19.4 Å². The predicted octanol–water partition coefficient (Wildman–Crippen LogP) is 2.21. The number of amides is 1. The molecule has 4 rings (SSSR count). The molecule has 4 atom stereocenters. The lowest BCUT2D eigenvalue weighted by Gasteiger charge is -2.24. The molecule has 0 radical (unpaired) electrons. The lowest BCUT2D eigenvalue weighted by Crippen LogP contribution is -2.39. The molecule has 2 saturated heterocycles. The number of carbonyl (C=O) groups is 2. The van der Waals surface area contributed by atoms with Crippen LogP contribution in [0.15, 0.2) is 12.2 Å². The lowest BCUT2D eigenvalue weighted by molar-refractivity contribution is -0.148. The van der Waals surface area contributed by atoms with Crippen LogP contribution in [0.4, 0.5) is 0 Å². The first-order valence-electron chi connectivity index (χ1n) is 8.99. The van der Waals surface area contributed by atoms with Gasteiger partial charge in [0.25, 0.3) is 0 Å². The number of aliphatic carboxylic acids is 1. The molecule has 0 aromatic heterocycles. The quantitative estimate of drug-likeness (QED) is 0.789. The van der Waals surface area contributed by atoms with Crippen LogP contribution >= 0.6 is 0 Å². The van der Waals surface area contributed by atoms with E-state index < -0.39 is 29.5 Å². The number of rotatable bonds is 5. The molecule has 4 unspecified atom stereocenters. The minimum absolute atomic E-state index is 0.0205. The van der Waals surface area contributed by atoms with Gasteiger partial charge in [-0.3, -0.25) is 9.59 Å². The molecule has 3 heterocycles. The minimum atomic E-state index is -0.913. The first-order chi connectivity index (χ1) is 11.1. The Morgan fingerprint density at radius 2 is 2.13 bits per heavy atom. The van der Waals surface area contributed by atoms with Crippen molar-refractivity contribution in [2.24, 2.45) is 17.8 Å². The first kappa shape index (κ1) is 15.2. The molecule has 1 saturated carbocycles.